The number of aliphatic carboxylic acids is 1. The molecule has 0 aliphatic carbocycles. The molecule has 0 saturated heterocycles. The molecule has 0 fully saturated rings. The van der Waals surface area contributed by atoms with E-state index in [1.54, 1.807) is 18.2 Å². The third-order valence-corrected chi connectivity index (χ3v) is 5.17. The van der Waals surface area contributed by atoms with Crippen LogP contribution in [-0.2, 0) is 20.8 Å². The maximum atomic E-state index is 12.9. The van der Waals surface area contributed by atoms with Gasteiger partial charge in [-0.15, -0.1) is 11.8 Å². The quantitative estimate of drug-likeness (QED) is 0.562. The van der Waals surface area contributed by atoms with Crippen LogP contribution in [-0.4, -0.2) is 39.9 Å². The number of amides is 2. The van der Waals surface area contributed by atoms with Gasteiger partial charge in [0.1, 0.15) is 6.54 Å². The van der Waals surface area contributed by atoms with Gasteiger partial charge in [0.05, 0.1) is 10.9 Å². The number of anilines is 2. The van der Waals surface area contributed by atoms with Gasteiger partial charge in [-0.05, 0) is 30.2 Å². The number of nitrogens with one attached hydrogen (secondary N) is 1. The fraction of sp³-hybridized carbons (Fsp3) is 0.211. The Balaban J connectivity index is 0.00000136. The van der Waals surface area contributed by atoms with Crippen molar-refractivity contribution < 1.29 is 24.7 Å². The van der Waals surface area contributed by atoms with E-state index in [9.17, 15) is 19.5 Å². The van der Waals surface area contributed by atoms with Crippen molar-refractivity contribution in [2.75, 3.05) is 16.8 Å². The van der Waals surface area contributed by atoms with Crippen LogP contribution in [0, 0.1) is 0 Å². The molecule has 1 atom stereocenters. The van der Waals surface area contributed by atoms with Gasteiger partial charge in [-0.2, -0.15) is 0 Å². The van der Waals surface area contributed by atoms with Crippen LogP contribution in [0.15, 0.2) is 53.4 Å². The molecular weight excluding hydrogens is 382 g/mol. The van der Waals surface area contributed by atoms with E-state index in [2.05, 4.69) is 11.2 Å². The third-order valence-electron chi connectivity index (χ3n) is 3.94. The molecule has 0 radical (unpaired) electrons. The minimum absolute atomic E-state index is 0.190. The molecule has 1 aliphatic heterocycles. The second-order valence-corrected chi connectivity index (χ2v) is 7.22. The summed E-state index contributed by atoms with van der Waals surface area (Å²) in [4.78, 5) is 37.5. The Bertz CT molecular complexity index is 860. The molecule has 8 nitrogen and oxygen atoms in total. The fourth-order valence-electron chi connectivity index (χ4n) is 2.86. The normalized spacial score (nSPS) is 15.2. The Hall–Kier alpha value is -2.88. The molecule has 1 unspecified atom stereocenters. The van der Waals surface area contributed by atoms with Crippen LogP contribution in [0.4, 0.5) is 11.4 Å². The van der Waals surface area contributed by atoms with Gasteiger partial charge in [-0.25, -0.2) is 5.90 Å². The minimum Gasteiger partial charge on any atom is -0.480 e. The van der Waals surface area contributed by atoms with Crippen molar-refractivity contribution in [3.63, 3.8) is 0 Å². The number of carbonyl (C=O) groups excluding carboxylic acids is 2. The number of nitrogens with two attached hydrogens (primary N) is 1. The molecule has 2 amide bonds. The summed E-state index contributed by atoms with van der Waals surface area (Å²) in [7, 11) is 0. The van der Waals surface area contributed by atoms with Crippen molar-refractivity contribution in [2.24, 2.45) is 5.90 Å². The summed E-state index contributed by atoms with van der Waals surface area (Å²) < 4.78 is 0. The van der Waals surface area contributed by atoms with Crippen molar-refractivity contribution in [1.29, 1.82) is 0 Å². The standard InChI is InChI=1S/C19H18N2O4S.H3NO/c1-12(22)20-14-7-8-15-16(10-14)26-17(9-13-5-3-2-4-6-13)19(25)21(15)11-18(23)24;1-2/h2-8,10,17H,9,11H2,1H3,(H,20,22)(H,23,24);2H,1H2. The maximum absolute atomic E-state index is 12.9. The number of carboxylic acid groups (broad SMARTS) is 1. The Morgan fingerprint density at radius 2 is 1.86 bits per heavy atom. The Labute approximate surface area is 166 Å². The molecule has 148 valence electrons. The van der Waals surface area contributed by atoms with E-state index in [-0.39, 0.29) is 11.8 Å². The van der Waals surface area contributed by atoms with Gasteiger partial charge in [-0.1, -0.05) is 30.3 Å². The smallest absolute Gasteiger partial charge is 0.323 e. The first kappa shape index (κ1) is 21.4. The molecule has 0 bridgehead atoms. The molecule has 5 N–H and O–H groups in total. The lowest BCUT2D eigenvalue weighted by Gasteiger charge is -2.33. The van der Waals surface area contributed by atoms with Gasteiger partial charge >= 0.3 is 5.97 Å². The molecule has 2 aromatic carbocycles. The summed E-state index contributed by atoms with van der Waals surface area (Å²) in [6, 6.07) is 14.7. The van der Waals surface area contributed by atoms with Crippen LogP contribution in [0.3, 0.4) is 0 Å². The highest BCUT2D eigenvalue weighted by atomic mass is 32.2. The first-order valence-electron chi connectivity index (χ1n) is 8.35. The first-order valence-corrected chi connectivity index (χ1v) is 9.23. The SMILES string of the molecule is CC(=O)Nc1ccc2c(c1)SC(Cc1ccccc1)C(=O)N2CC(=O)O.NO. The number of hydrogen-bond donors (Lipinski definition) is 4. The molecule has 0 spiro atoms. The lowest BCUT2D eigenvalue weighted by atomic mass is 10.1. The predicted octanol–water partition coefficient (Wildman–Crippen LogP) is 2.11. The molecule has 2 aromatic rings. The molecule has 3 rings (SSSR count). The summed E-state index contributed by atoms with van der Waals surface area (Å²) in [5.74, 6) is 2.02. The Morgan fingerprint density at radius 1 is 1.18 bits per heavy atom. The zero-order chi connectivity index (χ0) is 20.7. The van der Waals surface area contributed by atoms with Gasteiger partial charge in [0.2, 0.25) is 11.8 Å². The Morgan fingerprint density at radius 3 is 2.46 bits per heavy atom. The van der Waals surface area contributed by atoms with Crippen LogP contribution < -0.4 is 16.1 Å². The van der Waals surface area contributed by atoms with E-state index in [1.165, 1.54) is 23.6 Å². The van der Waals surface area contributed by atoms with Crippen LogP contribution >= 0.6 is 11.8 Å². The van der Waals surface area contributed by atoms with Gasteiger partial charge in [0.25, 0.3) is 0 Å². The second-order valence-electron chi connectivity index (χ2n) is 5.98. The van der Waals surface area contributed by atoms with Crippen molar-refractivity contribution in [2.45, 2.75) is 23.5 Å². The van der Waals surface area contributed by atoms with Crippen molar-refractivity contribution in [3.05, 3.63) is 54.1 Å². The summed E-state index contributed by atoms with van der Waals surface area (Å²) in [6.07, 6.45) is 0.504. The van der Waals surface area contributed by atoms with E-state index < -0.39 is 17.8 Å². The first-order chi connectivity index (χ1) is 13.4. The fourth-order valence-corrected chi connectivity index (χ4v) is 4.17. The summed E-state index contributed by atoms with van der Waals surface area (Å²) in [5.41, 5.74) is 2.18. The van der Waals surface area contributed by atoms with Gasteiger partial charge in [-0.3, -0.25) is 19.3 Å². The van der Waals surface area contributed by atoms with Crippen LogP contribution in [0.1, 0.15) is 12.5 Å². The van der Waals surface area contributed by atoms with E-state index in [4.69, 9.17) is 5.21 Å². The number of fused-ring (bicyclic) bond motifs is 1. The monoisotopic (exact) mass is 403 g/mol. The van der Waals surface area contributed by atoms with E-state index in [1.807, 2.05) is 30.3 Å². The predicted molar refractivity (Wildman–Crippen MR) is 106 cm³/mol. The number of benzene rings is 2. The summed E-state index contributed by atoms with van der Waals surface area (Å²) in [5, 5.41) is 18.0. The van der Waals surface area contributed by atoms with E-state index in [0.29, 0.717) is 17.8 Å². The van der Waals surface area contributed by atoms with Gasteiger partial charge in [0, 0.05) is 17.5 Å². The zero-order valence-corrected chi connectivity index (χ0v) is 16.0. The van der Waals surface area contributed by atoms with Crippen molar-refractivity contribution in [3.8, 4) is 0 Å². The number of carbonyl (C=O) groups is 3. The number of carboxylic acids is 1. The molecule has 1 aliphatic rings. The number of nitrogens with zero attached hydrogens (tertiary/aromatic N) is 1. The molecular formula is C19H21N3O5S. The van der Waals surface area contributed by atoms with Crippen LogP contribution in [0.5, 0.6) is 0 Å². The highest BCUT2D eigenvalue weighted by molar-refractivity contribution is 8.01. The van der Waals surface area contributed by atoms with Gasteiger partial charge < -0.3 is 15.6 Å². The minimum atomic E-state index is -1.07. The largest absolute Gasteiger partial charge is 0.480 e. The highest BCUT2D eigenvalue weighted by Gasteiger charge is 2.34. The van der Waals surface area contributed by atoms with E-state index in [0.717, 1.165) is 10.5 Å². The summed E-state index contributed by atoms with van der Waals surface area (Å²) in [6.45, 7) is 1.03. The van der Waals surface area contributed by atoms with E-state index >= 15 is 0 Å². The highest BCUT2D eigenvalue weighted by Crippen LogP contribution is 2.41. The topological polar surface area (TPSA) is 133 Å². The number of rotatable bonds is 5. The van der Waals surface area contributed by atoms with Crippen molar-refractivity contribution >= 4 is 40.9 Å². The van der Waals surface area contributed by atoms with Crippen molar-refractivity contribution in [1.82, 2.24) is 0 Å². The number of thioether (sulfide) groups is 1. The third kappa shape index (κ3) is 5.32. The second kappa shape index (κ2) is 9.88. The molecule has 0 saturated carbocycles. The lowest BCUT2D eigenvalue weighted by molar-refractivity contribution is -0.136. The molecule has 0 aromatic heterocycles. The number of hydrogen-bond acceptors (Lipinski definition) is 6. The molecule has 9 heteroatoms. The maximum Gasteiger partial charge on any atom is 0.323 e. The van der Waals surface area contributed by atoms with Gasteiger partial charge in [0.15, 0.2) is 0 Å². The molecule has 28 heavy (non-hydrogen) atoms. The lowest BCUT2D eigenvalue weighted by Crippen LogP contribution is -2.44. The average molecular weight is 403 g/mol. The zero-order valence-electron chi connectivity index (χ0n) is 15.2. The average Bonchev–Trinajstić information content (AvgIpc) is 2.67. The molecule has 1 heterocycles. The van der Waals surface area contributed by atoms with Crippen LogP contribution in [0.25, 0.3) is 0 Å². The Kier molecular flexibility index (Phi) is 7.56. The van der Waals surface area contributed by atoms with Crippen LogP contribution in [0.2, 0.25) is 0 Å². The summed E-state index contributed by atoms with van der Waals surface area (Å²) >= 11 is 1.40.